The Bertz CT molecular complexity index is 746. The van der Waals surface area contributed by atoms with Crippen LogP contribution in [0.3, 0.4) is 0 Å². The van der Waals surface area contributed by atoms with E-state index in [9.17, 15) is 14.0 Å². The van der Waals surface area contributed by atoms with Gasteiger partial charge in [0.25, 0.3) is 0 Å². The molecule has 3 rings (SSSR count). The number of imide groups is 1. The second kappa shape index (κ2) is 9.89. The predicted octanol–water partition coefficient (Wildman–Crippen LogP) is 1.11. The van der Waals surface area contributed by atoms with Gasteiger partial charge in [-0.1, -0.05) is 17.7 Å². The monoisotopic (exact) mass is 424 g/mol. The Kier molecular flexibility index (Phi) is 7.27. The first kappa shape index (κ1) is 21.3. The van der Waals surface area contributed by atoms with E-state index in [2.05, 4.69) is 25.4 Å². The summed E-state index contributed by atoms with van der Waals surface area (Å²) < 4.78 is 14.0. The van der Waals surface area contributed by atoms with Crippen LogP contribution < -0.4 is 10.6 Å². The van der Waals surface area contributed by atoms with Gasteiger partial charge in [0.1, 0.15) is 5.82 Å². The second-order valence-corrected chi connectivity index (χ2v) is 7.31. The van der Waals surface area contributed by atoms with E-state index in [0.717, 1.165) is 32.1 Å². The Morgan fingerprint density at radius 3 is 2.66 bits per heavy atom. The molecule has 0 atom stereocenters. The van der Waals surface area contributed by atoms with Gasteiger partial charge >= 0.3 is 6.03 Å². The molecule has 29 heavy (non-hydrogen) atoms. The van der Waals surface area contributed by atoms with Crippen molar-refractivity contribution in [1.82, 2.24) is 25.3 Å². The molecule has 0 bridgehead atoms. The number of guanidine groups is 1. The lowest BCUT2D eigenvalue weighted by atomic mass is 10.2. The van der Waals surface area contributed by atoms with Crippen LogP contribution in [0.4, 0.5) is 9.18 Å². The maximum atomic E-state index is 14.0. The minimum atomic E-state index is -0.365. The first-order valence-electron chi connectivity index (χ1n) is 9.76. The zero-order chi connectivity index (χ0) is 20.8. The Morgan fingerprint density at radius 1 is 1.28 bits per heavy atom. The molecule has 0 unspecified atom stereocenters. The van der Waals surface area contributed by atoms with Crippen molar-refractivity contribution in [2.75, 3.05) is 52.4 Å². The summed E-state index contributed by atoms with van der Waals surface area (Å²) >= 11 is 6.14. The van der Waals surface area contributed by atoms with Gasteiger partial charge in [0, 0.05) is 49.9 Å². The van der Waals surface area contributed by atoms with E-state index in [1.165, 1.54) is 11.0 Å². The van der Waals surface area contributed by atoms with Crippen LogP contribution in [0.25, 0.3) is 0 Å². The molecular formula is C19H26ClFN6O2. The Hall–Kier alpha value is -2.39. The molecule has 3 amide bonds. The highest BCUT2D eigenvalue weighted by molar-refractivity contribution is 6.31. The number of hydrogen-bond donors (Lipinski definition) is 2. The van der Waals surface area contributed by atoms with E-state index in [1.807, 2.05) is 6.92 Å². The fourth-order valence-electron chi connectivity index (χ4n) is 3.39. The SMILES string of the molecule is CCNC(=NCCN1C(=O)CNC1=O)N1CCN(Cc2c(F)cccc2Cl)CC1. The van der Waals surface area contributed by atoms with Crippen molar-refractivity contribution in [3.63, 3.8) is 0 Å². The molecule has 0 aliphatic carbocycles. The van der Waals surface area contributed by atoms with Crippen LogP contribution in [0.1, 0.15) is 12.5 Å². The Morgan fingerprint density at radius 2 is 2.03 bits per heavy atom. The Labute approximate surface area is 174 Å². The van der Waals surface area contributed by atoms with Crippen molar-refractivity contribution in [3.05, 3.63) is 34.6 Å². The van der Waals surface area contributed by atoms with E-state index in [-0.39, 0.29) is 30.8 Å². The molecule has 0 saturated carbocycles. The molecular weight excluding hydrogens is 399 g/mol. The van der Waals surface area contributed by atoms with Crippen molar-refractivity contribution in [2.24, 2.45) is 4.99 Å². The molecule has 0 spiro atoms. The van der Waals surface area contributed by atoms with Crippen molar-refractivity contribution >= 4 is 29.5 Å². The van der Waals surface area contributed by atoms with Crippen molar-refractivity contribution in [1.29, 1.82) is 0 Å². The summed E-state index contributed by atoms with van der Waals surface area (Å²) in [7, 11) is 0. The highest BCUT2D eigenvalue weighted by atomic mass is 35.5. The van der Waals surface area contributed by atoms with E-state index < -0.39 is 0 Å². The minimum Gasteiger partial charge on any atom is -0.357 e. The van der Waals surface area contributed by atoms with Gasteiger partial charge < -0.3 is 15.5 Å². The number of urea groups is 1. The van der Waals surface area contributed by atoms with E-state index in [1.54, 1.807) is 12.1 Å². The topological polar surface area (TPSA) is 80.3 Å². The third-order valence-corrected chi connectivity index (χ3v) is 5.33. The molecule has 2 heterocycles. The van der Waals surface area contributed by atoms with Crippen LogP contribution in [0.15, 0.2) is 23.2 Å². The molecule has 2 fully saturated rings. The molecule has 1 aromatic carbocycles. The maximum absolute atomic E-state index is 14.0. The summed E-state index contributed by atoms with van der Waals surface area (Å²) in [4.78, 5) is 33.3. The fraction of sp³-hybridized carbons (Fsp3) is 0.526. The largest absolute Gasteiger partial charge is 0.357 e. The summed E-state index contributed by atoms with van der Waals surface area (Å²) in [5, 5.41) is 6.20. The van der Waals surface area contributed by atoms with Crippen LogP contribution in [-0.2, 0) is 11.3 Å². The molecule has 10 heteroatoms. The van der Waals surface area contributed by atoms with E-state index in [4.69, 9.17) is 11.6 Å². The number of nitrogens with zero attached hydrogens (tertiary/aromatic N) is 4. The number of benzene rings is 1. The molecule has 2 aliphatic heterocycles. The van der Waals surface area contributed by atoms with Gasteiger partial charge in [-0.05, 0) is 19.1 Å². The average molecular weight is 425 g/mol. The van der Waals surface area contributed by atoms with Gasteiger partial charge in [0.15, 0.2) is 5.96 Å². The number of aliphatic imine (C=N–C) groups is 1. The molecule has 2 saturated heterocycles. The number of nitrogens with one attached hydrogen (secondary N) is 2. The van der Waals surface area contributed by atoms with Gasteiger partial charge in [0.2, 0.25) is 5.91 Å². The zero-order valence-electron chi connectivity index (χ0n) is 16.5. The summed E-state index contributed by atoms with van der Waals surface area (Å²) in [5.74, 6) is 0.245. The van der Waals surface area contributed by atoms with Crippen LogP contribution in [0.2, 0.25) is 5.02 Å². The molecule has 2 aliphatic rings. The van der Waals surface area contributed by atoms with Crippen molar-refractivity contribution in [2.45, 2.75) is 13.5 Å². The molecule has 0 radical (unpaired) electrons. The minimum absolute atomic E-state index is 0.0522. The average Bonchev–Trinajstić information content (AvgIpc) is 3.03. The third kappa shape index (κ3) is 5.36. The summed E-state index contributed by atoms with van der Waals surface area (Å²) in [5.41, 5.74) is 0.525. The van der Waals surface area contributed by atoms with Crippen molar-refractivity contribution < 1.29 is 14.0 Å². The van der Waals surface area contributed by atoms with E-state index in [0.29, 0.717) is 30.2 Å². The lowest BCUT2D eigenvalue weighted by Crippen LogP contribution is -2.52. The summed E-state index contributed by atoms with van der Waals surface area (Å²) in [6.07, 6.45) is 0. The predicted molar refractivity (Wildman–Crippen MR) is 109 cm³/mol. The quantitative estimate of drug-likeness (QED) is 0.406. The van der Waals surface area contributed by atoms with Gasteiger partial charge in [0.05, 0.1) is 19.6 Å². The van der Waals surface area contributed by atoms with Gasteiger partial charge in [-0.25, -0.2) is 9.18 Å². The molecule has 1 aromatic rings. The number of piperazine rings is 1. The first-order valence-corrected chi connectivity index (χ1v) is 10.1. The number of amides is 3. The van der Waals surface area contributed by atoms with Crippen LogP contribution in [-0.4, -0.2) is 85.0 Å². The smallest absolute Gasteiger partial charge is 0.324 e. The molecule has 158 valence electrons. The normalized spacial score (nSPS) is 18.4. The van der Waals surface area contributed by atoms with Gasteiger partial charge in [-0.15, -0.1) is 0 Å². The van der Waals surface area contributed by atoms with Gasteiger partial charge in [-0.3, -0.25) is 19.6 Å². The summed E-state index contributed by atoms with van der Waals surface area (Å²) in [6.45, 7) is 6.80. The number of carbonyl (C=O) groups is 2. The van der Waals surface area contributed by atoms with Crippen LogP contribution >= 0.6 is 11.6 Å². The number of carbonyl (C=O) groups excluding carboxylic acids is 2. The second-order valence-electron chi connectivity index (χ2n) is 6.90. The lowest BCUT2D eigenvalue weighted by Gasteiger charge is -2.36. The zero-order valence-corrected chi connectivity index (χ0v) is 17.2. The lowest BCUT2D eigenvalue weighted by molar-refractivity contribution is -0.124. The number of hydrogen-bond acceptors (Lipinski definition) is 4. The Balaban J connectivity index is 1.54. The maximum Gasteiger partial charge on any atom is 0.324 e. The highest BCUT2D eigenvalue weighted by Gasteiger charge is 2.28. The molecule has 8 nitrogen and oxygen atoms in total. The number of rotatable bonds is 6. The van der Waals surface area contributed by atoms with E-state index >= 15 is 0 Å². The standard InChI is InChI=1S/C19H26ClFN6O2/c1-2-22-18(23-6-7-27-17(28)12-24-19(27)29)26-10-8-25(9-11-26)13-14-15(20)4-3-5-16(14)21/h3-5H,2,6-13H2,1H3,(H,22,23)(H,24,29). The summed E-state index contributed by atoms with van der Waals surface area (Å²) in [6, 6.07) is 4.38. The van der Waals surface area contributed by atoms with Crippen LogP contribution in [0, 0.1) is 5.82 Å². The van der Waals surface area contributed by atoms with Gasteiger partial charge in [-0.2, -0.15) is 0 Å². The molecule has 2 N–H and O–H groups in total. The fourth-order valence-corrected chi connectivity index (χ4v) is 3.61. The molecule has 0 aromatic heterocycles. The van der Waals surface area contributed by atoms with Crippen LogP contribution in [0.5, 0.6) is 0 Å². The number of halogens is 2. The van der Waals surface area contributed by atoms with Crippen molar-refractivity contribution in [3.8, 4) is 0 Å². The third-order valence-electron chi connectivity index (χ3n) is 4.97. The highest BCUT2D eigenvalue weighted by Crippen LogP contribution is 2.21. The first-order chi connectivity index (χ1) is 14.0.